The van der Waals surface area contributed by atoms with Crippen LogP contribution in [0.4, 0.5) is 0 Å². The normalized spacial score (nSPS) is 12.7. The van der Waals surface area contributed by atoms with Crippen LogP contribution in [-0.4, -0.2) is 47.9 Å². The van der Waals surface area contributed by atoms with Gasteiger partial charge in [0.15, 0.2) is 0 Å². The largest absolute Gasteiger partial charge is 0.493 e. The topological polar surface area (TPSA) is 122 Å². The molecule has 2 aromatic carbocycles. The fourth-order valence-corrected chi connectivity index (χ4v) is 3.11. The van der Waals surface area contributed by atoms with Crippen LogP contribution in [-0.2, 0) is 19.2 Å². The van der Waals surface area contributed by atoms with Crippen molar-refractivity contribution in [1.82, 2.24) is 10.6 Å². The highest BCUT2D eigenvalue weighted by molar-refractivity contribution is 5.90. The van der Waals surface area contributed by atoms with Crippen LogP contribution in [0.2, 0.25) is 0 Å². The van der Waals surface area contributed by atoms with Crippen LogP contribution in [0.1, 0.15) is 33.1 Å². The Hall–Kier alpha value is -3.42. The van der Waals surface area contributed by atoms with Gasteiger partial charge in [-0.05, 0) is 23.8 Å². The summed E-state index contributed by atoms with van der Waals surface area (Å²) in [6.45, 7) is 3.84. The van der Waals surface area contributed by atoms with Crippen molar-refractivity contribution in [3.8, 4) is 5.75 Å². The van der Waals surface area contributed by atoms with Gasteiger partial charge in [0.2, 0.25) is 11.8 Å². The van der Waals surface area contributed by atoms with E-state index >= 15 is 0 Å². The molecule has 3 N–H and O–H groups in total. The highest BCUT2D eigenvalue weighted by Gasteiger charge is 2.26. The second-order valence-corrected chi connectivity index (χ2v) is 7.57. The van der Waals surface area contributed by atoms with Gasteiger partial charge < -0.3 is 25.3 Å². The number of ether oxygens (including phenoxy) is 1. The van der Waals surface area contributed by atoms with E-state index in [-0.39, 0.29) is 18.2 Å². The van der Waals surface area contributed by atoms with Crippen molar-refractivity contribution in [2.75, 3.05) is 6.61 Å². The van der Waals surface area contributed by atoms with Gasteiger partial charge in [-0.25, -0.2) is 0 Å². The number of carbonyl (C=O) groups excluding carboxylic acids is 3. The molecular weight excluding hydrogens is 400 g/mol. The Bertz CT molecular complexity index is 922. The van der Waals surface area contributed by atoms with Crippen molar-refractivity contribution in [3.63, 3.8) is 0 Å². The van der Waals surface area contributed by atoms with Crippen LogP contribution >= 0.6 is 0 Å². The molecule has 0 unspecified atom stereocenters. The Kier molecular flexibility index (Phi) is 8.99. The van der Waals surface area contributed by atoms with Crippen LogP contribution in [0.25, 0.3) is 10.8 Å². The molecule has 166 valence electrons. The molecule has 0 aliphatic carbocycles. The zero-order chi connectivity index (χ0) is 22.8. The van der Waals surface area contributed by atoms with Crippen molar-refractivity contribution >= 4 is 34.8 Å². The summed E-state index contributed by atoms with van der Waals surface area (Å²) in [6, 6.07) is 11.6. The Labute approximate surface area is 181 Å². The van der Waals surface area contributed by atoms with E-state index in [2.05, 4.69) is 10.6 Å². The number of fused-ring (bicyclic) bond motifs is 1. The number of hydrogen-bond acceptors (Lipinski definition) is 5. The van der Waals surface area contributed by atoms with E-state index < -0.39 is 30.4 Å². The van der Waals surface area contributed by atoms with Crippen LogP contribution in [0.3, 0.4) is 0 Å². The van der Waals surface area contributed by atoms with Gasteiger partial charge in [0.1, 0.15) is 18.1 Å². The van der Waals surface area contributed by atoms with Crippen LogP contribution in [0, 0.1) is 5.92 Å². The maximum absolute atomic E-state index is 12.4. The van der Waals surface area contributed by atoms with Gasteiger partial charge in [0.25, 0.3) is 0 Å². The average molecular weight is 428 g/mol. The third-order valence-corrected chi connectivity index (χ3v) is 4.71. The van der Waals surface area contributed by atoms with Crippen LogP contribution < -0.4 is 15.4 Å². The molecule has 2 aromatic rings. The Morgan fingerprint density at radius 3 is 2.45 bits per heavy atom. The summed E-state index contributed by atoms with van der Waals surface area (Å²) in [6.07, 6.45) is 0.473. The SMILES string of the molecule is CC(C)[C@H](NC(=O)CCCOc1cccc2ccccc12)C(=O)N[C@H](C=O)CC(=O)O. The predicted molar refractivity (Wildman–Crippen MR) is 116 cm³/mol. The Balaban J connectivity index is 1.84. The van der Waals surface area contributed by atoms with Crippen molar-refractivity contribution in [3.05, 3.63) is 42.5 Å². The minimum atomic E-state index is -1.20. The number of aliphatic carboxylic acids is 1. The van der Waals surface area contributed by atoms with Gasteiger partial charge in [-0.1, -0.05) is 50.2 Å². The molecule has 0 aromatic heterocycles. The van der Waals surface area contributed by atoms with E-state index in [1.807, 2.05) is 42.5 Å². The number of aldehydes is 1. The molecule has 0 saturated heterocycles. The predicted octanol–water partition coefficient (Wildman–Crippen LogP) is 2.30. The van der Waals surface area contributed by atoms with Crippen molar-refractivity contribution in [1.29, 1.82) is 0 Å². The molecule has 0 bridgehead atoms. The van der Waals surface area contributed by atoms with Crippen LogP contribution in [0.15, 0.2) is 42.5 Å². The third-order valence-electron chi connectivity index (χ3n) is 4.71. The molecule has 0 aliphatic rings. The first-order valence-corrected chi connectivity index (χ1v) is 10.2. The number of carboxylic acid groups (broad SMARTS) is 1. The second kappa shape index (κ2) is 11.7. The monoisotopic (exact) mass is 428 g/mol. The summed E-state index contributed by atoms with van der Waals surface area (Å²) in [5, 5.41) is 15.9. The van der Waals surface area contributed by atoms with E-state index in [1.54, 1.807) is 13.8 Å². The lowest BCUT2D eigenvalue weighted by atomic mass is 10.0. The smallest absolute Gasteiger partial charge is 0.305 e. The highest BCUT2D eigenvalue weighted by atomic mass is 16.5. The van der Waals surface area contributed by atoms with Crippen LogP contribution in [0.5, 0.6) is 5.75 Å². The zero-order valence-corrected chi connectivity index (χ0v) is 17.7. The summed E-state index contributed by atoms with van der Waals surface area (Å²) in [5.74, 6) is -1.61. The van der Waals surface area contributed by atoms with Crippen molar-refractivity contribution in [2.24, 2.45) is 5.92 Å². The first-order chi connectivity index (χ1) is 14.8. The number of nitrogens with one attached hydrogen (secondary N) is 2. The Morgan fingerprint density at radius 1 is 1.06 bits per heavy atom. The molecule has 0 heterocycles. The Morgan fingerprint density at radius 2 is 1.77 bits per heavy atom. The molecule has 2 atom stereocenters. The van der Waals surface area contributed by atoms with Crippen molar-refractivity contribution in [2.45, 2.75) is 45.2 Å². The molecule has 8 heteroatoms. The molecule has 8 nitrogen and oxygen atoms in total. The minimum absolute atomic E-state index is 0.160. The van der Waals surface area contributed by atoms with Crippen molar-refractivity contribution < 1.29 is 29.0 Å². The number of hydrogen-bond donors (Lipinski definition) is 3. The molecule has 0 radical (unpaired) electrons. The lowest BCUT2D eigenvalue weighted by molar-refractivity contribution is -0.139. The first-order valence-electron chi connectivity index (χ1n) is 10.2. The van der Waals surface area contributed by atoms with E-state index in [4.69, 9.17) is 9.84 Å². The standard InChI is InChI=1S/C23H28N2O6/c1-15(2)22(23(30)24-17(14-26)13-21(28)29)25-20(27)11-6-12-31-19-10-5-8-16-7-3-4-9-18(16)19/h3-5,7-10,14-15,17,22H,6,11-13H2,1-2H3,(H,24,30)(H,25,27)(H,28,29)/t17-,22-/m0/s1. The molecule has 2 rings (SSSR count). The molecule has 31 heavy (non-hydrogen) atoms. The first kappa shape index (κ1) is 23.9. The molecule has 0 aliphatic heterocycles. The molecular formula is C23H28N2O6. The number of carboxylic acids is 1. The van der Waals surface area contributed by atoms with Gasteiger partial charge in [-0.15, -0.1) is 0 Å². The summed E-state index contributed by atoms with van der Waals surface area (Å²) in [5.41, 5.74) is 0. The lowest BCUT2D eigenvalue weighted by Crippen LogP contribution is -2.52. The summed E-state index contributed by atoms with van der Waals surface area (Å²) in [7, 11) is 0. The lowest BCUT2D eigenvalue weighted by Gasteiger charge is -2.23. The minimum Gasteiger partial charge on any atom is -0.493 e. The molecule has 2 amide bonds. The summed E-state index contributed by atoms with van der Waals surface area (Å²) < 4.78 is 5.82. The van der Waals surface area contributed by atoms with Gasteiger partial charge >= 0.3 is 5.97 Å². The maximum atomic E-state index is 12.4. The fourth-order valence-electron chi connectivity index (χ4n) is 3.11. The molecule has 0 fully saturated rings. The number of rotatable bonds is 12. The quantitative estimate of drug-likeness (QED) is 0.352. The third kappa shape index (κ3) is 7.40. The average Bonchev–Trinajstić information content (AvgIpc) is 2.74. The highest BCUT2D eigenvalue weighted by Crippen LogP contribution is 2.25. The fraction of sp³-hybridized carbons (Fsp3) is 0.391. The van der Waals surface area contributed by atoms with Gasteiger partial charge in [0.05, 0.1) is 19.1 Å². The van der Waals surface area contributed by atoms with E-state index in [9.17, 15) is 19.2 Å². The molecule has 0 saturated carbocycles. The second-order valence-electron chi connectivity index (χ2n) is 7.57. The number of carbonyl (C=O) groups is 4. The van der Waals surface area contributed by atoms with E-state index in [0.717, 1.165) is 16.5 Å². The number of amides is 2. The maximum Gasteiger partial charge on any atom is 0.305 e. The summed E-state index contributed by atoms with van der Waals surface area (Å²) in [4.78, 5) is 46.5. The molecule has 0 spiro atoms. The zero-order valence-electron chi connectivity index (χ0n) is 17.7. The van der Waals surface area contributed by atoms with Gasteiger partial charge in [0, 0.05) is 11.8 Å². The van der Waals surface area contributed by atoms with E-state index in [1.165, 1.54) is 0 Å². The van der Waals surface area contributed by atoms with E-state index in [0.29, 0.717) is 19.3 Å². The number of benzene rings is 2. The van der Waals surface area contributed by atoms with Gasteiger partial charge in [-0.2, -0.15) is 0 Å². The van der Waals surface area contributed by atoms with Gasteiger partial charge in [-0.3, -0.25) is 14.4 Å². The summed E-state index contributed by atoms with van der Waals surface area (Å²) >= 11 is 0.